The average Bonchev–Trinajstić information content (AvgIpc) is 3.16. The van der Waals surface area contributed by atoms with E-state index in [1.807, 2.05) is 12.1 Å². The summed E-state index contributed by atoms with van der Waals surface area (Å²) in [6.07, 6.45) is 4.52. The van der Waals surface area contributed by atoms with Crippen LogP contribution in [0.5, 0.6) is 0 Å². The molecule has 0 aliphatic carbocycles. The second-order valence-electron chi connectivity index (χ2n) is 5.45. The van der Waals surface area contributed by atoms with Gasteiger partial charge < -0.3 is 9.73 Å². The van der Waals surface area contributed by atoms with Crippen LogP contribution in [-0.4, -0.2) is 23.0 Å². The first-order chi connectivity index (χ1) is 13.1. The number of pyridine rings is 1. The molecule has 0 saturated heterocycles. The Morgan fingerprint density at radius 2 is 1.93 bits per heavy atom. The van der Waals surface area contributed by atoms with E-state index < -0.39 is 11.8 Å². The molecule has 0 saturated carbocycles. The van der Waals surface area contributed by atoms with Crippen molar-refractivity contribution < 1.29 is 14.0 Å². The minimum atomic E-state index is -0.873. The third kappa shape index (κ3) is 5.26. The number of amides is 2. The third-order valence-electron chi connectivity index (χ3n) is 3.50. The van der Waals surface area contributed by atoms with Gasteiger partial charge in [-0.15, -0.1) is 0 Å². The van der Waals surface area contributed by atoms with Gasteiger partial charge in [0.2, 0.25) is 0 Å². The molecule has 136 valence electrons. The van der Waals surface area contributed by atoms with Crippen LogP contribution in [0.2, 0.25) is 5.02 Å². The normalized spacial score (nSPS) is 10.7. The highest BCUT2D eigenvalue weighted by Gasteiger charge is 2.12. The molecule has 0 unspecified atom stereocenters. The maximum absolute atomic E-state index is 11.7. The van der Waals surface area contributed by atoms with Crippen molar-refractivity contribution in [3.8, 4) is 11.3 Å². The lowest BCUT2D eigenvalue weighted by Crippen LogP contribution is -2.37. The van der Waals surface area contributed by atoms with E-state index >= 15 is 0 Å². The molecule has 2 aromatic heterocycles. The summed E-state index contributed by atoms with van der Waals surface area (Å²) in [4.78, 5) is 27.3. The van der Waals surface area contributed by atoms with Gasteiger partial charge in [0.25, 0.3) is 0 Å². The van der Waals surface area contributed by atoms with Crippen LogP contribution < -0.4 is 10.7 Å². The minimum Gasteiger partial charge on any atom is -0.455 e. The van der Waals surface area contributed by atoms with Crippen molar-refractivity contribution in [2.24, 2.45) is 5.10 Å². The standard InChI is InChI=1S/C19H15ClN4O3/c20-15-3-1-2-14(10-15)17-5-4-16(27-17)12-23-24-19(26)18(25)22-11-13-6-8-21-9-7-13/h1-10,12H,11H2,(H,22,25)(H,24,26)/b23-12+. The Bertz CT molecular complexity index is 970. The second-order valence-corrected chi connectivity index (χ2v) is 5.89. The fraction of sp³-hybridized carbons (Fsp3) is 0.0526. The van der Waals surface area contributed by atoms with Crippen LogP contribution in [0.15, 0.2) is 70.4 Å². The molecule has 1 aromatic carbocycles. The van der Waals surface area contributed by atoms with Crippen molar-refractivity contribution in [3.05, 3.63) is 77.3 Å². The summed E-state index contributed by atoms with van der Waals surface area (Å²) >= 11 is 5.96. The van der Waals surface area contributed by atoms with Crippen LogP contribution in [0, 0.1) is 0 Å². The number of furan rings is 1. The van der Waals surface area contributed by atoms with E-state index in [1.165, 1.54) is 6.21 Å². The number of aromatic nitrogens is 1. The zero-order chi connectivity index (χ0) is 19.1. The molecule has 0 radical (unpaired) electrons. The quantitative estimate of drug-likeness (QED) is 0.403. The average molecular weight is 383 g/mol. The van der Waals surface area contributed by atoms with E-state index in [0.29, 0.717) is 16.5 Å². The zero-order valence-electron chi connectivity index (χ0n) is 14.1. The van der Waals surface area contributed by atoms with Crippen LogP contribution in [0.1, 0.15) is 11.3 Å². The fourth-order valence-corrected chi connectivity index (χ4v) is 2.38. The molecule has 0 atom stereocenters. The molecule has 2 N–H and O–H groups in total. The van der Waals surface area contributed by atoms with Crippen LogP contribution in [0.4, 0.5) is 0 Å². The number of hydrazone groups is 1. The second kappa shape index (κ2) is 8.77. The summed E-state index contributed by atoms with van der Waals surface area (Å²) < 4.78 is 5.61. The Balaban J connectivity index is 1.51. The molecule has 0 aliphatic heterocycles. The molecule has 7 nitrogen and oxygen atoms in total. The Hall–Kier alpha value is -3.45. The van der Waals surface area contributed by atoms with E-state index in [9.17, 15) is 9.59 Å². The number of nitrogens with zero attached hydrogens (tertiary/aromatic N) is 2. The van der Waals surface area contributed by atoms with Gasteiger partial charge in [-0.3, -0.25) is 14.6 Å². The van der Waals surface area contributed by atoms with Gasteiger partial charge in [0, 0.05) is 29.5 Å². The van der Waals surface area contributed by atoms with Crippen LogP contribution in [0.25, 0.3) is 11.3 Å². The van der Waals surface area contributed by atoms with Gasteiger partial charge in [-0.05, 0) is 42.0 Å². The molecule has 2 amide bonds. The summed E-state index contributed by atoms with van der Waals surface area (Å²) in [6.45, 7) is 0.222. The highest BCUT2D eigenvalue weighted by Crippen LogP contribution is 2.24. The molecule has 27 heavy (non-hydrogen) atoms. The number of rotatable bonds is 5. The molecule has 8 heteroatoms. The van der Waals surface area contributed by atoms with Crippen molar-refractivity contribution in [1.82, 2.24) is 15.7 Å². The first-order valence-electron chi connectivity index (χ1n) is 7.98. The summed E-state index contributed by atoms with van der Waals surface area (Å²) in [5, 5.41) is 6.82. The first kappa shape index (κ1) is 18.3. The molecular weight excluding hydrogens is 368 g/mol. The molecular formula is C19H15ClN4O3. The van der Waals surface area contributed by atoms with E-state index in [2.05, 4.69) is 20.8 Å². The van der Waals surface area contributed by atoms with Gasteiger partial charge in [-0.2, -0.15) is 5.10 Å². The molecule has 3 aromatic rings. The summed E-state index contributed by atoms with van der Waals surface area (Å²) in [5.41, 5.74) is 3.80. The lowest BCUT2D eigenvalue weighted by atomic mass is 10.2. The number of carbonyl (C=O) groups excluding carboxylic acids is 2. The molecule has 0 fully saturated rings. The molecule has 0 aliphatic rings. The summed E-state index contributed by atoms with van der Waals surface area (Å²) in [7, 11) is 0. The Kier molecular flexibility index (Phi) is 5.96. The first-order valence-corrected chi connectivity index (χ1v) is 8.35. The van der Waals surface area contributed by atoms with Gasteiger partial charge in [-0.1, -0.05) is 23.7 Å². The third-order valence-corrected chi connectivity index (χ3v) is 3.74. The molecule has 0 spiro atoms. The van der Waals surface area contributed by atoms with E-state index in [0.717, 1.165) is 11.1 Å². The number of carbonyl (C=O) groups is 2. The van der Waals surface area contributed by atoms with Gasteiger partial charge in [0.15, 0.2) is 0 Å². The van der Waals surface area contributed by atoms with Gasteiger partial charge in [0.05, 0.1) is 6.21 Å². The number of hydrogen-bond donors (Lipinski definition) is 2. The smallest absolute Gasteiger partial charge is 0.329 e. The van der Waals surface area contributed by atoms with E-state index in [4.69, 9.17) is 16.0 Å². The zero-order valence-corrected chi connectivity index (χ0v) is 14.8. The van der Waals surface area contributed by atoms with Gasteiger partial charge >= 0.3 is 11.8 Å². The van der Waals surface area contributed by atoms with Crippen molar-refractivity contribution in [2.45, 2.75) is 6.54 Å². The SMILES string of the molecule is O=C(NCc1ccncc1)C(=O)N/N=C/c1ccc(-c2cccc(Cl)c2)o1. The van der Waals surface area contributed by atoms with Crippen molar-refractivity contribution in [2.75, 3.05) is 0 Å². The molecule has 0 bridgehead atoms. The Labute approximate surface area is 160 Å². The topological polar surface area (TPSA) is 96.6 Å². The molecule has 2 heterocycles. The summed E-state index contributed by atoms with van der Waals surface area (Å²) in [6, 6.07) is 14.2. The van der Waals surface area contributed by atoms with Gasteiger partial charge in [-0.25, -0.2) is 5.43 Å². The highest BCUT2D eigenvalue weighted by atomic mass is 35.5. The van der Waals surface area contributed by atoms with Gasteiger partial charge in [0.1, 0.15) is 11.5 Å². The number of halogens is 1. The summed E-state index contributed by atoms with van der Waals surface area (Å²) in [5.74, 6) is -0.632. The maximum Gasteiger partial charge on any atom is 0.329 e. The monoisotopic (exact) mass is 382 g/mol. The minimum absolute atomic E-state index is 0.222. The predicted octanol–water partition coefficient (Wildman–Crippen LogP) is 2.76. The molecule has 3 rings (SSSR count). The Morgan fingerprint density at radius 3 is 2.70 bits per heavy atom. The predicted molar refractivity (Wildman–Crippen MR) is 101 cm³/mol. The van der Waals surface area contributed by atoms with Crippen molar-refractivity contribution in [1.29, 1.82) is 0 Å². The fourth-order valence-electron chi connectivity index (χ4n) is 2.19. The van der Waals surface area contributed by atoms with Crippen LogP contribution >= 0.6 is 11.6 Å². The van der Waals surface area contributed by atoms with Crippen molar-refractivity contribution in [3.63, 3.8) is 0 Å². The van der Waals surface area contributed by atoms with E-state index in [-0.39, 0.29) is 6.54 Å². The number of nitrogens with one attached hydrogen (secondary N) is 2. The largest absolute Gasteiger partial charge is 0.455 e. The lowest BCUT2D eigenvalue weighted by Gasteiger charge is -2.03. The van der Waals surface area contributed by atoms with E-state index in [1.54, 1.807) is 48.8 Å². The highest BCUT2D eigenvalue weighted by molar-refractivity contribution is 6.35. The maximum atomic E-state index is 11.7. The van der Waals surface area contributed by atoms with Crippen LogP contribution in [0.3, 0.4) is 0 Å². The van der Waals surface area contributed by atoms with Crippen molar-refractivity contribution >= 4 is 29.6 Å². The number of benzene rings is 1. The van der Waals surface area contributed by atoms with Crippen LogP contribution in [-0.2, 0) is 16.1 Å². The Morgan fingerprint density at radius 1 is 1.11 bits per heavy atom. The lowest BCUT2D eigenvalue weighted by molar-refractivity contribution is -0.139. The number of hydrogen-bond acceptors (Lipinski definition) is 5.